The van der Waals surface area contributed by atoms with Crippen molar-refractivity contribution in [2.24, 2.45) is 0 Å². The van der Waals surface area contributed by atoms with Crippen molar-refractivity contribution in [2.75, 3.05) is 13.2 Å². The third-order valence-corrected chi connectivity index (χ3v) is 5.57. The van der Waals surface area contributed by atoms with E-state index in [0.717, 1.165) is 19.6 Å². The average Bonchev–Trinajstić information content (AvgIpc) is 2.32. The molecular formula is C8H18GeO2. The Morgan fingerprint density at radius 1 is 1.18 bits per heavy atom. The van der Waals surface area contributed by atoms with Crippen LogP contribution in [0.4, 0.5) is 0 Å². The Morgan fingerprint density at radius 2 is 1.73 bits per heavy atom. The Morgan fingerprint density at radius 3 is 2.18 bits per heavy atom. The van der Waals surface area contributed by atoms with Crippen LogP contribution in [-0.2, 0) is 9.47 Å². The molecule has 0 saturated carbocycles. The van der Waals surface area contributed by atoms with Gasteiger partial charge in [-0.15, -0.1) is 0 Å². The molecule has 2 nitrogen and oxygen atoms in total. The molecule has 0 spiro atoms. The van der Waals surface area contributed by atoms with Crippen LogP contribution in [0, 0.1) is 0 Å². The van der Waals surface area contributed by atoms with Crippen molar-refractivity contribution in [3.63, 3.8) is 0 Å². The van der Waals surface area contributed by atoms with E-state index in [0.29, 0.717) is 0 Å². The van der Waals surface area contributed by atoms with E-state index in [1.165, 1.54) is 5.25 Å². The predicted octanol–water partition coefficient (Wildman–Crippen LogP) is 2.09. The molecule has 0 aromatic rings. The molecule has 0 N–H and O–H groups in total. The number of hydrogen-bond donors (Lipinski definition) is 0. The minimum absolute atomic E-state index is 0.125. The summed E-state index contributed by atoms with van der Waals surface area (Å²) in [7, 11) is 0. The standard InChI is InChI=1S/C8H18GeO2/c1-9(2,3)5-4-8-10-6-7-11-8/h8H,4-7H2,1-3H3. The molecule has 11 heavy (non-hydrogen) atoms. The fourth-order valence-electron chi connectivity index (χ4n) is 1.12. The van der Waals surface area contributed by atoms with Crippen LogP contribution in [-0.4, -0.2) is 32.8 Å². The molecule has 1 rings (SSSR count). The number of hydrogen-bond acceptors (Lipinski definition) is 2. The SMILES string of the molecule is [CH3][Ge]([CH3])([CH3])[CH2]CC1OCCO1. The second-order valence-electron chi connectivity index (χ2n) is 4.27. The molecule has 0 aromatic carbocycles. The Balaban J connectivity index is 2.11. The molecule has 0 unspecified atom stereocenters. The van der Waals surface area contributed by atoms with Crippen molar-refractivity contribution >= 4 is 13.3 Å². The van der Waals surface area contributed by atoms with E-state index in [1.807, 2.05) is 0 Å². The molecule has 3 heteroatoms. The van der Waals surface area contributed by atoms with E-state index in [1.54, 1.807) is 0 Å². The summed E-state index contributed by atoms with van der Waals surface area (Å²) >= 11 is -1.33. The summed E-state index contributed by atoms with van der Waals surface area (Å²) in [6.45, 7) is 1.59. The summed E-state index contributed by atoms with van der Waals surface area (Å²) in [5, 5.41) is 1.35. The van der Waals surface area contributed by atoms with Gasteiger partial charge in [0.05, 0.1) is 0 Å². The first-order valence-corrected chi connectivity index (χ1v) is 12.1. The van der Waals surface area contributed by atoms with E-state index in [-0.39, 0.29) is 6.29 Å². The molecule has 0 aromatic heterocycles. The van der Waals surface area contributed by atoms with Gasteiger partial charge in [-0.05, 0) is 0 Å². The maximum absolute atomic E-state index is 5.36. The quantitative estimate of drug-likeness (QED) is 0.676. The molecule has 0 aliphatic carbocycles. The third-order valence-electron chi connectivity index (χ3n) is 1.82. The summed E-state index contributed by atoms with van der Waals surface area (Å²) < 4.78 is 10.7. The number of rotatable bonds is 3. The average molecular weight is 219 g/mol. The summed E-state index contributed by atoms with van der Waals surface area (Å²) in [5.74, 6) is 7.28. The zero-order valence-electron chi connectivity index (χ0n) is 7.72. The third kappa shape index (κ3) is 4.13. The maximum atomic E-state index is 5.36. The summed E-state index contributed by atoms with van der Waals surface area (Å²) in [5.41, 5.74) is 0. The first-order valence-electron chi connectivity index (χ1n) is 4.31. The molecule has 1 aliphatic heterocycles. The van der Waals surface area contributed by atoms with Gasteiger partial charge in [-0.25, -0.2) is 0 Å². The van der Waals surface area contributed by atoms with E-state index < -0.39 is 13.3 Å². The Kier molecular flexibility index (Phi) is 3.40. The van der Waals surface area contributed by atoms with Crippen LogP contribution >= 0.6 is 0 Å². The first kappa shape index (κ1) is 9.55. The molecule has 0 amide bonds. The Labute approximate surface area is 71.6 Å². The van der Waals surface area contributed by atoms with Crippen molar-refractivity contribution in [2.45, 2.75) is 35.2 Å². The van der Waals surface area contributed by atoms with Gasteiger partial charge in [0, 0.05) is 0 Å². The first-order chi connectivity index (χ1) is 5.08. The van der Waals surface area contributed by atoms with Gasteiger partial charge >= 0.3 is 71.2 Å². The predicted molar refractivity (Wildman–Crippen MR) is 48.5 cm³/mol. The second-order valence-corrected chi connectivity index (χ2v) is 16.1. The van der Waals surface area contributed by atoms with E-state index in [9.17, 15) is 0 Å². The van der Waals surface area contributed by atoms with Gasteiger partial charge in [-0.2, -0.15) is 0 Å². The van der Waals surface area contributed by atoms with E-state index >= 15 is 0 Å². The molecular weight excluding hydrogens is 201 g/mol. The van der Waals surface area contributed by atoms with Crippen molar-refractivity contribution in [1.82, 2.24) is 0 Å². The fourth-order valence-corrected chi connectivity index (χ4v) is 3.44. The molecule has 0 bridgehead atoms. The van der Waals surface area contributed by atoms with Crippen molar-refractivity contribution in [3.05, 3.63) is 0 Å². The van der Waals surface area contributed by atoms with Crippen LogP contribution in [0.3, 0.4) is 0 Å². The monoisotopic (exact) mass is 220 g/mol. The zero-order chi connectivity index (χ0) is 8.32. The van der Waals surface area contributed by atoms with Crippen LogP contribution in [0.15, 0.2) is 0 Å². The topological polar surface area (TPSA) is 18.5 Å². The van der Waals surface area contributed by atoms with Gasteiger partial charge < -0.3 is 0 Å². The van der Waals surface area contributed by atoms with Crippen LogP contribution in [0.2, 0.25) is 22.5 Å². The molecule has 0 atom stereocenters. The molecule has 1 aliphatic rings. The van der Waals surface area contributed by atoms with Crippen molar-refractivity contribution < 1.29 is 9.47 Å². The van der Waals surface area contributed by atoms with Gasteiger partial charge in [0.2, 0.25) is 0 Å². The van der Waals surface area contributed by atoms with Gasteiger partial charge in [-0.3, -0.25) is 0 Å². The van der Waals surface area contributed by atoms with Gasteiger partial charge in [0.1, 0.15) is 0 Å². The van der Waals surface area contributed by atoms with Gasteiger partial charge in [0.25, 0.3) is 0 Å². The molecule has 1 saturated heterocycles. The van der Waals surface area contributed by atoms with Crippen molar-refractivity contribution in [3.8, 4) is 0 Å². The van der Waals surface area contributed by atoms with Crippen LogP contribution < -0.4 is 0 Å². The van der Waals surface area contributed by atoms with E-state index in [2.05, 4.69) is 17.3 Å². The molecule has 66 valence electrons. The molecule has 0 radical (unpaired) electrons. The number of ether oxygens (including phenoxy) is 2. The Hall–Kier alpha value is 0.463. The van der Waals surface area contributed by atoms with Crippen LogP contribution in [0.5, 0.6) is 0 Å². The molecule has 1 fully saturated rings. The minimum atomic E-state index is -1.33. The summed E-state index contributed by atoms with van der Waals surface area (Å²) in [6.07, 6.45) is 1.24. The molecule has 1 heterocycles. The van der Waals surface area contributed by atoms with Crippen molar-refractivity contribution in [1.29, 1.82) is 0 Å². The van der Waals surface area contributed by atoms with Crippen LogP contribution in [0.25, 0.3) is 0 Å². The second kappa shape index (κ2) is 3.92. The summed E-state index contributed by atoms with van der Waals surface area (Å²) in [4.78, 5) is 0. The van der Waals surface area contributed by atoms with Gasteiger partial charge in [-0.1, -0.05) is 0 Å². The fraction of sp³-hybridized carbons (Fsp3) is 1.00. The zero-order valence-corrected chi connectivity index (χ0v) is 9.82. The van der Waals surface area contributed by atoms with Gasteiger partial charge in [0.15, 0.2) is 0 Å². The summed E-state index contributed by atoms with van der Waals surface area (Å²) in [6, 6.07) is 0. The van der Waals surface area contributed by atoms with Crippen LogP contribution in [0.1, 0.15) is 6.42 Å². The Bertz CT molecular complexity index is 114. The normalized spacial score (nSPS) is 21.0. The van der Waals surface area contributed by atoms with E-state index in [4.69, 9.17) is 9.47 Å².